The highest BCUT2D eigenvalue weighted by Crippen LogP contribution is 2.51. The van der Waals surface area contributed by atoms with Crippen LogP contribution in [0.3, 0.4) is 0 Å². The molecule has 418 valence electrons. The fourth-order valence-electron chi connectivity index (χ4n) is 13.4. The van der Waals surface area contributed by atoms with Gasteiger partial charge in [0.25, 0.3) is 0 Å². The summed E-state index contributed by atoms with van der Waals surface area (Å²) < 4.78 is 7.06. The van der Waals surface area contributed by atoms with Gasteiger partial charge in [-0.25, -0.2) is 0 Å². The van der Waals surface area contributed by atoms with Crippen LogP contribution in [0.25, 0.3) is 110 Å². The highest BCUT2D eigenvalue weighted by Gasteiger charge is 2.30. The minimum atomic E-state index is -0.184. The number of nitrogens with zero attached hydrogens (tertiary/aromatic N) is 2. The Hall–Kier alpha value is -10.5. The van der Waals surface area contributed by atoms with Crippen LogP contribution < -0.4 is 9.80 Å². The summed E-state index contributed by atoms with van der Waals surface area (Å²) >= 11 is 0. The molecule has 0 fully saturated rings. The molecule has 15 aromatic rings. The molecule has 0 unspecified atom stereocenters. The molecule has 0 aliphatic carbocycles. The van der Waals surface area contributed by atoms with E-state index in [1.54, 1.807) is 0 Å². The van der Waals surface area contributed by atoms with Crippen LogP contribution in [0, 0.1) is 0 Å². The van der Waals surface area contributed by atoms with Crippen LogP contribution in [0.15, 0.2) is 296 Å². The SMILES string of the molecule is CC(C)(C)c1cccc(-c2ccccc2)c1N(c1cccc(-c2cccc3ccccc23)c1)c1ccc2cc3c(cc2c1)oc1cc2cc(N(c4cccc(-c5cccc6ccccc56)c4)c4c(-c5ccccc5)cccc4C(C)(C)C)ccc2cc13. The predicted molar refractivity (Wildman–Crippen MR) is 372 cm³/mol. The fraction of sp³-hybridized carbons (Fsp3) is 0.0952. The molecule has 0 saturated heterocycles. The molecule has 1 heterocycles. The normalized spacial score (nSPS) is 12.0. The molecule has 0 N–H and O–H groups in total. The summed E-state index contributed by atoms with van der Waals surface area (Å²) in [6.45, 7) is 13.9. The average Bonchev–Trinajstić information content (AvgIpc) is 2.23. The maximum absolute atomic E-state index is 7.06. The number of anilines is 6. The molecule has 15 rings (SSSR count). The van der Waals surface area contributed by atoms with E-state index >= 15 is 0 Å². The first-order valence-electron chi connectivity index (χ1n) is 30.4. The Balaban J connectivity index is 0.894. The van der Waals surface area contributed by atoms with E-state index < -0.39 is 0 Å². The minimum absolute atomic E-state index is 0.184. The van der Waals surface area contributed by atoms with Gasteiger partial charge in [0.2, 0.25) is 0 Å². The van der Waals surface area contributed by atoms with Crippen molar-refractivity contribution in [1.82, 2.24) is 0 Å². The molecule has 0 aliphatic rings. The fourth-order valence-corrected chi connectivity index (χ4v) is 13.4. The average molecular weight is 1120 g/mol. The Morgan fingerprint density at radius 2 is 0.598 bits per heavy atom. The van der Waals surface area contributed by atoms with Crippen molar-refractivity contribution < 1.29 is 4.42 Å². The van der Waals surface area contributed by atoms with Gasteiger partial charge < -0.3 is 14.2 Å². The van der Waals surface area contributed by atoms with Crippen LogP contribution >= 0.6 is 0 Å². The highest BCUT2D eigenvalue weighted by molar-refractivity contribution is 6.14. The van der Waals surface area contributed by atoms with Gasteiger partial charge in [0.15, 0.2) is 0 Å². The van der Waals surface area contributed by atoms with Gasteiger partial charge in [-0.3, -0.25) is 0 Å². The summed E-state index contributed by atoms with van der Waals surface area (Å²) in [5.74, 6) is 0. The zero-order chi connectivity index (χ0) is 59.0. The van der Waals surface area contributed by atoms with Crippen LogP contribution in [-0.4, -0.2) is 0 Å². The number of rotatable bonds is 10. The monoisotopic (exact) mass is 1120 g/mol. The number of hydrogen-bond donors (Lipinski definition) is 0. The molecular formula is C84H66N2O. The molecule has 3 heteroatoms. The summed E-state index contributed by atoms with van der Waals surface area (Å²) in [4.78, 5) is 4.99. The third kappa shape index (κ3) is 9.66. The quantitative estimate of drug-likeness (QED) is 0.136. The van der Waals surface area contributed by atoms with Gasteiger partial charge in [0.1, 0.15) is 11.2 Å². The second kappa shape index (κ2) is 21.2. The van der Waals surface area contributed by atoms with Crippen molar-refractivity contribution in [1.29, 1.82) is 0 Å². The number of fused-ring (bicyclic) bond motifs is 7. The zero-order valence-corrected chi connectivity index (χ0v) is 50.0. The van der Waals surface area contributed by atoms with Gasteiger partial charge in [-0.2, -0.15) is 0 Å². The van der Waals surface area contributed by atoms with Gasteiger partial charge in [-0.05, 0) is 171 Å². The van der Waals surface area contributed by atoms with E-state index in [-0.39, 0.29) is 10.8 Å². The van der Waals surface area contributed by atoms with Gasteiger partial charge in [0.05, 0.1) is 11.4 Å². The first kappa shape index (κ1) is 53.3. The Morgan fingerprint density at radius 1 is 0.241 bits per heavy atom. The second-order valence-corrected chi connectivity index (χ2v) is 25.3. The van der Waals surface area contributed by atoms with E-state index in [1.165, 1.54) is 77.2 Å². The Labute approximate surface area is 509 Å². The highest BCUT2D eigenvalue weighted by atomic mass is 16.3. The molecule has 14 aromatic carbocycles. The Kier molecular flexibility index (Phi) is 13.0. The lowest BCUT2D eigenvalue weighted by atomic mass is 9.82. The Bertz CT molecular complexity index is 4800. The molecule has 0 amide bonds. The summed E-state index contributed by atoms with van der Waals surface area (Å²) in [5.41, 5.74) is 19.9. The van der Waals surface area contributed by atoms with E-state index in [2.05, 4.69) is 343 Å². The molecule has 3 nitrogen and oxygen atoms in total. The molecule has 0 bridgehead atoms. The first-order valence-corrected chi connectivity index (χ1v) is 30.4. The largest absolute Gasteiger partial charge is 0.456 e. The first-order chi connectivity index (χ1) is 42.4. The number of furan rings is 1. The zero-order valence-electron chi connectivity index (χ0n) is 50.0. The van der Waals surface area contributed by atoms with Crippen LogP contribution in [0.5, 0.6) is 0 Å². The van der Waals surface area contributed by atoms with Crippen molar-refractivity contribution in [3.05, 3.63) is 302 Å². The maximum atomic E-state index is 7.06. The van der Waals surface area contributed by atoms with Crippen molar-refractivity contribution in [2.24, 2.45) is 0 Å². The molecular weight excluding hydrogens is 1050 g/mol. The molecule has 87 heavy (non-hydrogen) atoms. The van der Waals surface area contributed by atoms with Crippen LogP contribution in [0.1, 0.15) is 52.7 Å². The van der Waals surface area contributed by atoms with E-state index in [9.17, 15) is 0 Å². The van der Waals surface area contributed by atoms with Gasteiger partial charge in [-0.1, -0.05) is 260 Å². The predicted octanol–water partition coefficient (Wildman–Crippen LogP) is 24.4. The summed E-state index contributed by atoms with van der Waals surface area (Å²) in [6.07, 6.45) is 0. The standard InChI is InChI=1S/C84H66N2O/c1-83(2,3)77-41-21-39-73(57-23-9-7-10-24-57)81(77)85(65-33-17-31-61(47-65)71-37-19-29-55-27-13-15-35-69(55)71)67-45-43-59-51-75-76-52-60-44-46-68(50-64(60)54-80(76)87-79(75)53-63(59)49-67)86(82-74(58-25-11-8-12-26-58)40-22-42-78(82)84(4,5)6)66-34-18-32-62(48-66)72-38-20-30-56-28-14-16-36-70(56)72/h7-54H,1-6H3. The molecule has 0 aliphatic heterocycles. The molecule has 0 spiro atoms. The van der Waals surface area contributed by atoms with E-state index in [0.29, 0.717) is 0 Å². The number of benzene rings is 14. The maximum Gasteiger partial charge on any atom is 0.136 e. The third-order valence-corrected chi connectivity index (χ3v) is 17.6. The van der Waals surface area contributed by atoms with Crippen molar-refractivity contribution in [3.63, 3.8) is 0 Å². The lowest BCUT2D eigenvalue weighted by Gasteiger charge is -2.34. The molecule has 1 aromatic heterocycles. The molecule has 0 atom stereocenters. The van der Waals surface area contributed by atoms with E-state index in [0.717, 1.165) is 77.6 Å². The van der Waals surface area contributed by atoms with Gasteiger partial charge in [-0.15, -0.1) is 0 Å². The minimum Gasteiger partial charge on any atom is -0.456 e. The smallest absolute Gasteiger partial charge is 0.136 e. The van der Waals surface area contributed by atoms with Gasteiger partial charge in [0, 0.05) is 44.6 Å². The van der Waals surface area contributed by atoms with E-state index in [4.69, 9.17) is 4.42 Å². The van der Waals surface area contributed by atoms with Crippen LogP contribution in [0.4, 0.5) is 34.1 Å². The Morgan fingerprint density at radius 3 is 1.03 bits per heavy atom. The van der Waals surface area contributed by atoms with E-state index in [1.807, 2.05) is 0 Å². The summed E-state index contributed by atoms with van der Waals surface area (Å²) in [7, 11) is 0. The lowest BCUT2D eigenvalue weighted by Crippen LogP contribution is -2.20. The summed E-state index contributed by atoms with van der Waals surface area (Å²) in [5, 5.41) is 11.6. The van der Waals surface area contributed by atoms with Crippen LogP contribution in [-0.2, 0) is 10.8 Å². The summed E-state index contributed by atoms with van der Waals surface area (Å²) in [6, 6.07) is 107. The van der Waals surface area contributed by atoms with Crippen molar-refractivity contribution >= 4 is 99.2 Å². The van der Waals surface area contributed by atoms with Crippen molar-refractivity contribution in [3.8, 4) is 44.5 Å². The van der Waals surface area contributed by atoms with Crippen molar-refractivity contribution in [2.45, 2.75) is 52.4 Å². The second-order valence-electron chi connectivity index (χ2n) is 25.3. The van der Waals surface area contributed by atoms with Gasteiger partial charge >= 0.3 is 0 Å². The lowest BCUT2D eigenvalue weighted by molar-refractivity contribution is 0.591. The molecule has 0 radical (unpaired) electrons. The number of hydrogen-bond acceptors (Lipinski definition) is 3. The molecule has 0 saturated carbocycles. The van der Waals surface area contributed by atoms with Crippen LogP contribution in [0.2, 0.25) is 0 Å². The van der Waals surface area contributed by atoms with Crippen molar-refractivity contribution in [2.75, 3.05) is 9.80 Å². The third-order valence-electron chi connectivity index (χ3n) is 17.6. The topological polar surface area (TPSA) is 19.6 Å². The number of para-hydroxylation sites is 2.